The van der Waals surface area contributed by atoms with Gasteiger partial charge in [-0.15, -0.1) is 24.0 Å². The number of hydrogen-bond donors (Lipinski definition) is 2. The lowest BCUT2D eigenvalue weighted by Gasteiger charge is -2.34. The minimum absolute atomic E-state index is 0. The van der Waals surface area contributed by atoms with E-state index < -0.39 is 9.84 Å². The molecule has 2 rings (SSSR count). The van der Waals surface area contributed by atoms with E-state index in [1.807, 2.05) is 6.92 Å². The third-order valence-electron chi connectivity index (χ3n) is 4.65. The van der Waals surface area contributed by atoms with E-state index in [0.717, 1.165) is 18.7 Å². The number of morpholine rings is 1. The molecule has 1 aliphatic heterocycles. The molecule has 0 aromatic heterocycles. The van der Waals surface area contributed by atoms with Gasteiger partial charge in [0.25, 0.3) is 0 Å². The van der Waals surface area contributed by atoms with Crippen molar-refractivity contribution >= 4 is 39.8 Å². The number of nitrogens with one attached hydrogen (secondary N) is 2. The highest BCUT2D eigenvalue weighted by Gasteiger charge is 2.22. The molecule has 0 radical (unpaired) electrons. The average molecular weight is 572 g/mol. The zero-order valence-corrected chi connectivity index (χ0v) is 21.3. The van der Waals surface area contributed by atoms with E-state index in [-0.39, 0.29) is 48.2 Å². The molecular formula is C20H34FIN4O4S. The number of aliphatic imine (C=N–C) groups is 1. The van der Waals surface area contributed by atoms with Crippen molar-refractivity contribution in [2.24, 2.45) is 4.99 Å². The van der Waals surface area contributed by atoms with Gasteiger partial charge in [-0.3, -0.25) is 9.89 Å². The largest absolute Gasteiger partial charge is 0.379 e. The van der Waals surface area contributed by atoms with E-state index in [2.05, 4.69) is 15.5 Å². The van der Waals surface area contributed by atoms with Gasteiger partial charge in [-0.2, -0.15) is 0 Å². The smallest absolute Gasteiger partial charge is 0.191 e. The van der Waals surface area contributed by atoms with Gasteiger partial charge in [0.15, 0.2) is 5.96 Å². The second-order valence-electron chi connectivity index (χ2n) is 7.10. The lowest BCUT2D eigenvalue weighted by Crippen LogP contribution is -2.42. The van der Waals surface area contributed by atoms with E-state index in [4.69, 9.17) is 14.5 Å². The second kappa shape index (κ2) is 14.9. The summed E-state index contributed by atoms with van der Waals surface area (Å²) in [6.45, 7) is 7.21. The summed E-state index contributed by atoms with van der Waals surface area (Å²) >= 11 is 0. The molecule has 11 heteroatoms. The number of hydrogen-bond acceptors (Lipinski definition) is 6. The molecule has 1 aromatic carbocycles. The monoisotopic (exact) mass is 572 g/mol. The van der Waals surface area contributed by atoms with Crippen LogP contribution in [0, 0.1) is 5.82 Å². The Labute approximate surface area is 201 Å². The number of nitrogens with zero attached hydrogens (tertiary/aromatic N) is 2. The van der Waals surface area contributed by atoms with Crippen LogP contribution in [0.5, 0.6) is 0 Å². The summed E-state index contributed by atoms with van der Waals surface area (Å²) in [5.74, 6) is 0.415. The Hall–Kier alpha value is -1.02. The number of ether oxygens (including phenoxy) is 2. The standard InChI is InChI=1S/C20H33FN4O4S.HI/c1-3-22-20(23-8-11-28-14-15-30(2,26)27)24-16-19(25-9-12-29-13-10-25)17-4-6-18(21)7-5-17;/h4-7,19H,3,8-16H2,1-2H3,(H2,22,23,24);1H. The van der Waals surface area contributed by atoms with E-state index >= 15 is 0 Å². The van der Waals surface area contributed by atoms with Gasteiger partial charge in [0, 0.05) is 32.4 Å². The maximum absolute atomic E-state index is 13.4. The van der Waals surface area contributed by atoms with Crippen LogP contribution in [0.3, 0.4) is 0 Å². The molecule has 0 saturated carbocycles. The summed E-state index contributed by atoms with van der Waals surface area (Å²) in [6, 6.07) is 6.59. The molecule has 0 aliphatic carbocycles. The normalized spacial score (nSPS) is 16.4. The third kappa shape index (κ3) is 11.4. The number of benzene rings is 1. The van der Waals surface area contributed by atoms with Crippen LogP contribution in [0.25, 0.3) is 0 Å². The third-order valence-corrected chi connectivity index (χ3v) is 5.55. The minimum atomic E-state index is -3.01. The molecule has 1 saturated heterocycles. The van der Waals surface area contributed by atoms with Gasteiger partial charge in [0.1, 0.15) is 15.7 Å². The van der Waals surface area contributed by atoms with Crippen LogP contribution in [0.15, 0.2) is 29.3 Å². The summed E-state index contributed by atoms with van der Waals surface area (Å²) in [7, 11) is -3.01. The molecule has 1 atom stereocenters. The molecule has 1 fully saturated rings. The summed E-state index contributed by atoms with van der Waals surface area (Å²) < 4.78 is 46.4. The van der Waals surface area contributed by atoms with Crippen molar-refractivity contribution in [3.63, 3.8) is 0 Å². The Morgan fingerprint density at radius 2 is 1.90 bits per heavy atom. The number of guanidine groups is 1. The number of sulfone groups is 1. The first-order valence-electron chi connectivity index (χ1n) is 10.2. The van der Waals surface area contributed by atoms with Gasteiger partial charge >= 0.3 is 0 Å². The minimum Gasteiger partial charge on any atom is -0.379 e. The molecule has 0 spiro atoms. The fourth-order valence-corrected chi connectivity index (χ4v) is 3.50. The van der Waals surface area contributed by atoms with Crippen LogP contribution in [0.1, 0.15) is 18.5 Å². The van der Waals surface area contributed by atoms with Crippen LogP contribution in [-0.2, 0) is 19.3 Å². The quantitative estimate of drug-likeness (QED) is 0.180. The lowest BCUT2D eigenvalue weighted by atomic mass is 10.0. The Balaban J connectivity index is 0.00000480. The Bertz CT molecular complexity index is 759. The van der Waals surface area contributed by atoms with Crippen molar-refractivity contribution in [1.82, 2.24) is 15.5 Å². The van der Waals surface area contributed by atoms with Crippen molar-refractivity contribution in [2.75, 3.05) is 71.2 Å². The molecule has 1 aromatic rings. The van der Waals surface area contributed by atoms with E-state index in [1.165, 1.54) is 18.4 Å². The van der Waals surface area contributed by atoms with Gasteiger partial charge in [0.2, 0.25) is 0 Å². The fourth-order valence-electron chi connectivity index (χ4n) is 3.08. The topological polar surface area (TPSA) is 92.3 Å². The Morgan fingerprint density at radius 3 is 2.52 bits per heavy atom. The van der Waals surface area contributed by atoms with Crippen molar-refractivity contribution in [2.45, 2.75) is 13.0 Å². The predicted molar refractivity (Wildman–Crippen MR) is 131 cm³/mol. The maximum Gasteiger partial charge on any atom is 0.191 e. The van der Waals surface area contributed by atoms with Crippen molar-refractivity contribution in [3.05, 3.63) is 35.6 Å². The molecule has 0 amide bonds. The summed E-state index contributed by atoms with van der Waals surface area (Å²) in [5, 5.41) is 6.40. The van der Waals surface area contributed by atoms with E-state index in [1.54, 1.807) is 12.1 Å². The number of halogens is 2. The molecule has 2 N–H and O–H groups in total. The lowest BCUT2D eigenvalue weighted by molar-refractivity contribution is 0.0179. The Kier molecular flexibility index (Phi) is 13.5. The average Bonchev–Trinajstić information content (AvgIpc) is 2.72. The van der Waals surface area contributed by atoms with Crippen molar-refractivity contribution in [3.8, 4) is 0 Å². The zero-order chi connectivity index (χ0) is 21.8. The van der Waals surface area contributed by atoms with Crippen molar-refractivity contribution in [1.29, 1.82) is 0 Å². The molecule has 0 bridgehead atoms. The predicted octanol–water partition coefficient (Wildman–Crippen LogP) is 1.43. The molecule has 1 heterocycles. The highest BCUT2D eigenvalue weighted by Crippen LogP contribution is 2.22. The van der Waals surface area contributed by atoms with Crippen LogP contribution in [0.2, 0.25) is 0 Å². The van der Waals surface area contributed by atoms with Gasteiger partial charge in [-0.05, 0) is 24.6 Å². The van der Waals surface area contributed by atoms with Crippen LogP contribution < -0.4 is 10.6 Å². The molecule has 1 unspecified atom stereocenters. The van der Waals surface area contributed by atoms with Crippen LogP contribution >= 0.6 is 24.0 Å². The zero-order valence-electron chi connectivity index (χ0n) is 18.2. The Morgan fingerprint density at radius 1 is 1.23 bits per heavy atom. The second-order valence-corrected chi connectivity index (χ2v) is 9.36. The molecular weight excluding hydrogens is 538 g/mol. The summed E-state index contributed by atoms with van der Waals surface area (Å²) in [5.41, 5.74) is 1.02. The first kappa shape index (κ1) is 28.0. The molecule has 178 valence electrons. The van der Waals surface area contributed by atoms with Gasteiger partial charge in [0.05, 0.1) is 44.8 Å². The summed E-state index contributed by atoms with van der Waals surface area (Å²) in [6.07, 6.45) is 1.19. The van der Waals surface area contributed by atoms with Crippen LogP contribution in [-0.4, -0.2) is 90.4 Å². The van der Waals surface area contributed by atoms with Gasteiger partial charge < -0.3 is 20.1 Å². The highest BCUT2D eigenvalue weighted by atomic mass is 127. The first-order valence-corrected chi connectivity index (χ1v) is 12.3. The molecule has 8 nitrogen and oxygen atoms in total. The fraction of sp³-hybridized carbons (Fsp3) is 0.650. The molecule has 1 aliphatic rings. The summed E-state index contributed by atoms with van der Waals surface area (Å²) in [4.78, 5) is 7.02. The molecule has 31 heavy (non-hydrogen) atoms. The maximum atomic E-state index is 13.4. The van der Waals surface area contributed by atoms with Crippen molar-refractivity contribution < 1.29 is 22.3 Å². The van der Waals surface area contributed by atoms with E-state index in [0.29, 0.717) is 45.4 Å². The van der Waals surface area contributed by atoms with Crippen LogP contribution in [0.4, 0.5) is 4.39 Å². The SMILES string of the molecule is CCNC(=NCC(c1ccc(F)cc1)N1CCOCC1)NCCOCCS(C)(=O)=O.I. The highest BCUT2D eigenvalue weighted by molar-refractivity contribution is 14.0. The first-order chi connectivity index (χ1) is 14.4. The number of rotatable bonds is 11. The van der Waals surface area contributed by atoms with Gasteiger partial charge in [-0.25, -0.2) is 12.8 Å². The van der Waals surface area contributed by atoms with E-state index in [9.17, 15) is 12.8 Å². The van der Waals surface area contributed by atoms with Gasteiger partial charge in [-0.1, -0.05) is 12.1 Å².